The summed E-state index contributed by atoms with van der Waals surface area (Å²) in [4.78, 5) is 68.2. The van der Waals surface area contributed by atoms with E-state index in [1.54, 1.807) is 24.3 Å². The van der Waals surface area contributed by atoms with Gasteiger partial charge in [0.15, 0.2) is 34.7 Å². The Hall–Kier alpha value is -3.99. The van der Waals surface area contributed by atoms with Gasteiger partial charge in [-0.15, -0.1) is 0 Å². The van der Waals surface area contributed by atoms with Crippen LogP contribution in [0.4, 0.5) is 0 Å². The molecule has 0 radical (unpaired) electrons. The first kappa shape index (κ1) is 26.6. The fourth-order valence-electron chi connectivity index (χ4n) is 6.59. The molecule has 5 rings (SSSR count). The second kappa shape index (κ2) is 9.04. The molecule has 2 saturated carbocycles. The lowest BCUT2D eigenvalue weighted by atomic mass is 9.50. The summed E-state index contributed by atoms with van der Waals surface area (Å²) in [5.74, 6) is -13.1. The zero-order valence-corrected chi connectivity index (χ0v) is 21.5. The molecule has 10 nitrogen and oxygen atoms in total. The van der Waals surface area contributed by atoms with Crippen molar-refractivity contribution in [1.29, 1.82) is 0 Å². The van der Waals surface area contributed by atoms with E-state index >= 15 is 0 Å². The van der Waals surface area contributed by atoms with Crippen LogP contribution in [0, 0.1) is 30.6 Å². The van der Waals surface area contributed by atoms with Crippen molar-refractivity contribution in [3.05, 3.63) is 64.7 Å². The number of hydrogen-bond acceptors (Lipinski definition) is 9. The van der Waals surface area contributed by atoms with Crippen LogP contribution in [0.2, 0.25) is 0 Å². The number of aromatic hydroxyl groups is 1. The van der Waals surface area contributed by atoms with Crippen molar-refractivity contribution in [1.82, 2.24) is 4.90 Å². The van der Waals surface area contributed by atoms with Gasteiger partial charge < -0.3 is 21.1 Å². The summed E-state index contributed by atoms with van der Waals surface area (Å²) < 4.78 is 0. The molecule has 202 valence electrons. The van der Waals surface area contributed by atoms with Crippen LogP contribution < -0.4 is 5.73 Å². The highest BCUT2D eigenvalue weighted by molar-refractivity contribution is 6.33. The molecular formula is C29H28N2O8. The molecule has 10 heteroatoms. The number of carbonyl (C=O) groups excluding carboxylic acids is 5. The topological polar surface area (TPSA) is 175 Å². The number of likely N-dealkylation sites (N-methyl/N-ethyl adjacent to an activating group) is 1. The molecule has 0 saturated heterocycles. The summed E-state index contributed by atoms with van der Waals surface area (Å²) >= 11 is 0. The Morgan fingerprint density at radius 1 is 1.03 bits per heavy atom. The Labute approximate surface area is 223 Å². The van der Waals surface area contributed by atoms with Gasteiger partial charge in [0.05, 0.1) is 29.5 Å². The summed E-state index contributed by atoms with van der Waals surface area (Å²) in [6.07, 6.45) is -0.0522. The van der Waals surface area contributed by atoms with Crippen LogP contribution in [0.5, 0.6) is 5.75 Å². The SMILES string of the molecule is Cc1ccccc1C=C1c2cccc(O)c2C(=O)C2C(=O)[C@@]3(O)C(=O)C(C(N)=O)C(=O)[C@H](N(C)C)[C@H]3[C@H](O)[C@@H]12. The number of primary amides is 1. The van der Waals surface area contributed by atoms with Gasteiger partial charge in [0, 0.05) is 5.92 Å². The maximum Gasteiger partial charge on any atom is 0.235 e. The van der Waals surface area contributed by atoms with E-state index in [0.717, 1.165) is 5.56 Å². The zero-order valence-electron chi connectivity index (χ0n) is 21.5. The minimum absolute atomic E-state index is 0.184. The molecule has 2 fully saturated rings. The van der Waals surface area contributed by atoms with E-state index in [9.17, 15) is 39.3 Å². The van der Waals surface area contributed by atoms with E-state index in [1.165, 1.54) is 31.1 Å². The number of amides is 1. The number of aliphatic hydroxyl groups excluding tert-OH is 1. The summed E-state index contributed by atoms with van der Waals surface area (Å²) in [6, 6.07) is 10.2. The number of aliphatic hydroxyl groups is 2. The normalized spacial score (nSPS) is 33.1. The molecule has 5 N–H and O–H groups in total. The lowest BCUT2D eigenvalue weighted by Crippen LogP contribution is -2.77. The quantitative estimate of drug-likeness (QED) is 0.401. The molecule has 0 aromatic heterocycles. The fraction of sp³-hybridized carbons (Fsp3) is 0.345. The van der Waals surface area contributed by atoms with Crippen molar-refractivity contribution in [2.45, 2.75) is 24.7 Å². The molecule has 39 heavy (non-hydrogen) atoms. The molecule has 0 aliphatic heterocycles. The summed E-state index contributed by atoms with van der Waals surface area (Å²) in [7, 11) is 2.90. The molecule has 1 amide bonds. The summed E-state index contributed by atoms with van der Waals surface area (Å²) in [5, 5.41) is 34.3. The van der Waals surface area contributed by atoms with Gasteiger partial charge in [0.25, 0.3) is 0 Å². The van der Waals surface area contributed by atoms with Gasteiger partial charge in [0.2, 0.25) is 5.91 Å². The highest BCUT2D eigenvalue weighted by Crippen LogP contribution is 2.54. The number of nitrogens with two attached hydrogens (primary N) is 1. The zero-order chi connectivity index (χ0) is 28.5. The highest BCUT2D eigenvalue weighted by Gasteiger charge is 2.72. The third-order valence-electron chi connectivity index (χ3n) is 8.37. The number of fused-ring (bicyclic) bond motifs is 3. The summed E-state index contributed by atoms with van der Waals surface area (Å²) in [6.45, 7) is 1.85. The van der Waals surface area contributed by atoms with Crippen LogP contribution in [-0.4, -0.2) is 81.1 Å². The standard InChI is InChI=1S/C29H28N2O8/c1-12-7-4-5-8-13(12)11-15-14-9-6-10-16(32)17(14)23(33)19-18(15)24(34)21-22(31(2)3)25(35)20(28(30)38)27(37)29(21,39)26(19)36/h4-11,18-22,24,32,34,39H,1-3H3,(H2,30,38)/t18-,19?,20?,21-,22+,24+,29+/m0/s1. The molecule has 7 atom stereocenters. The van der Waals surface area contributed by atoms with E-state index in [2.05, 4.69) is 0 Å². The first-order chi connectivity index (χ1) is 18.3. The van der Waals surface area contributed by atoms with Crippen LogP contribution in [0.15, 0.2) is 42.5 Å². The van der Waals surface area contributed by atoms with Crippen molar-refractivity contribution in [2.75, 3.05) is 14.1 Å². The van der Waals surface area contributed by atoms with Crippen molar-refractivity contribution in [2.24, 2.45) is 29.4 Å². The second-order valence-corrected chi connectivity index (χ2v) is 10.7. The maximum atomic E-state index is 14.1. The van der Waals surface area contributed by atoms with Crippen LogP contribution in [-0.2, 0) is 19.2 Å². The Morgan fingerprint density at radius 2 is 1.69 bits per heavy atom. The van der Waals surface area contributed by atoms with E-state index in [1.807, 2.05) is 19.1 Å². The van der Waals surface area contributed by atoms with E-state index in [4.69, 9.17) is 5.73 Å². The van der Waals surface area contributed by atoms with E-state index in [0.29, 0.717) is 11.1 Å². The predicted molar refractivity (Wildman–Crippen MR) is 138 cm³/mol. The van der Waals surface area contributed by atoms with Crippen molar-refractivity contribution in [3.8, 4) is 5.75 Å². The Bertz CT molecular complexity index is 1490. The Balaban J connectivity index is 1.81. The maximum absolute atomic E-state index is 14.1. The number of hydrogen-bond donors (Lipinski definition) is 4. The predicted octanol–water partition coefficient (Wildman–Crippen LogP) is 0.144. The smallest absolute Gasteiger partial charge is 0.235 e. The van der Waals surface area contributed by atoms with Crippen LogP contribution in [0.25, 0.3) is 11.6 Å². The summed E-state index contributed by atoms with van der Waals surface area (Å²) in [5.41, 5.74) is 4.29. The average Bonchev–Trinajstić information content (AvgIpc) is 2.86. The van der Waals surface area contributed by atoms with Crippen LogP contribution >= 0.6 is 0 Å². The van der Waals surface area contributed by atoms with E-state index < -0.39 is 76.2 Å². The van der Waals surface area contributed by atoms with Crippen molar-refractivity contribution in [3.63, 3.8) is 0 Å². The van der Waals surface area contributed by atoms with Crippen molar-refractivity contribution < 1.29 is 39.3 Å². The molecule has 3 aliphatic carbocycles. The van der Waals surface area contributed by atoms with Crippen LogP contribution in [0.1, 0.15) is 27.0 Å². The van der Waals surface area contributed by atoms with Crippen LogP contribution in [0.3, 0.4) is 0 Å². The highest BCUT2D eigenvalue weighted by atomic mass is 16.3. The van der Waals surface area contributed by atoms with Gasteiger partial charge in [-0.3, -0.25) is 28.9 Å². The van der Waals surface area contributed by atoms with E-state index in [-0.39, 0.29) is 11.1 Å². The lowest BCUT2D eigenvalue weighted by Gasteiger charge is -2.55. The monoisotopic (exact) mass is 532 g/mol. The van der Waals surface area contributed by atoms with Crippen molar-refractivity contribution >= 4 is 40.7 Å². The second-order valence-electron chi connectivity index (χ2n) is 10.7. The largest absolute Gasteiger partial charge is 0.507 e. The number of Topliss-reactive ketones (excluding diaryl/α,β-unsaturated/α-hetero) is 4. The van der Waals surface area contributed by atoms with Gasteiger partial charge in [-0.05, 0) is 49.3 Å². The third-order valence-corrected chi connectivity index (χ3v) is 8.37. The molecule has 0 heterocycles. The fourth-order valence-corrected chi connectivity index (χ4v) is 6.59. The van der Waals surface area contributed by atoms with Gasteiger partial charge in [-0.2, -0.15) is 0 Å². The first-order valence-electron chi connectivity index (χ1n) is 12.5. The van der Waals surface area contributed by atoms with Gasteiger partial charge in [-0.1, -0.05) is 42.5 Å². The molecule has 0 spiro atoms. The third kappa shape index (κ3) is 3.55. The number of nitrogens with zero attached hydrogens (tertiary/aromatic N) is 1. The molecule has 2 aromatic carbocycles. The van der Waals surface area contributed by atoms with Gasteiger partial charge >= 0.3 is 0 Å². The molecule has 0 bridgehead atoms. The Kier molecular flexibility index (Phi) is 6.17. The molecule has 2 aromatic rings. The number of aryl methyl sites for hydroxylation is 1. The number of rotatable bonds is 3. The number of ketones is 4. The number of carbonyl (C=O) groups is 5. The number of benzene rings is 2. The number of phenols is 1. The molecule has 2 unspecified atom stereocenters. The minimum atomic E-state index is -3.05. The first-order valence-corrected chi connectivity index (χ1v) is 12.5. The van der Waals surface area contributed by atoms with Gasteiger partial charge in [0.1, 0.15) is 5.75 Å². The minimum Gasteiger partial charge on any atom is -0.507 e. The average molecular weight is 533 g/mol. The lowest BCUT2D eigenvalue weighted by molar-refractivity contribution is -0.192. The number of phenolic OH excluding ortho intramolecular Hbond substituents is 1. The molecule has 3 aliphatic rings. The van der Waals surface area contributed by atoms with Gasteiger partial charge in [-0.25, -0.2) is 0 Å². The Morgan fingerprint density at radius 3 is 2.31 bits per heavy atom. The molecular weight excluding hydrogens is 504 g/mol.